The Kier molecular flexibility index (Phi) is 2.45. The fourth-order valence-corrected chi connectivity index (χ4v) is 1.43. The first-order chi connectivity index (χ1) is 6.75. The highest BCUT2D eigenvalue weighted by atomic mass is 16.4. The Morgan fingerprint density at radius 1 is 1.64 bits per heavy atom. The third kappa shape index (κ3) is 1.90. The molecule has 14 heavy (non-hydrogen) atoms. The zero-order valence-electron chi connectivity index (χ0n) is 7.91. The van der Waals surface area contributed by atoms with Gasteiger partial charge in [-0.25, -0.2) is 0 Å². The Labute approximate surface area is 81.1 Å². The van der Waals surface area contributed by atoms with Gasteiger partial charge in [0.2, 0.25) is 11.8 Å². The molecule has 1 amide bonds. The van der Waals surface area contributed by atoms with Gasteiger partial charge in [-0.05, 0) is 13.0 Å². The van der Waals surface area contributed by atoms with Gasteiger partial charge >= 0.3 is 6.01 Å². The number of hydrogen-bond donors (Lipinski definition) is 2. The molecule has 1 saturated heterocycles. The minimum atomic E-state index is -0.0568. The highest BCUT2D eigenvalue weighted by Gasteiger charge is 2.23. The predicted molar refractivity (Wildman–Crippen MR) is 48.6 cm³/mol. The van der Waals surface area contributed by atoms with Crippen LogP contribution in [0.1, 0.15) is 12.3 Å². The van der Waals surface area contributed by atoms with Gasteiger partial charge in [-0.1, -0.05) is 5.10 Å². The number of carbonyl (C=O) groups is 1. The minimum Gasteiger partial charge on any atom is -0.408 e. The van der Waals surface area contributed by atoms with E-state index in [1.165, 1.54) is 0 Å². The van der Waals surface area contributed by atoms with Gasteiger partial charge in [0.1, 0.15) is 0 Å². The van der Waals surface area contributed by atoms with Crippen LogP contribution in [0.25, 0.3) is 0 Å². The molecule has 1 unspecified atom stereocenters. The topological polar surface area (TPSA) is 80.0 Å². The van der Waals surface area contributed by atoms with E-state index < -0.39 is 0 Å². The predicted octanol–water partition coefficient (Wildman–Crippen LogP) is -0.0740. The Morgan fingerprint density at radius 2 is 2.50 bits per heavy atom. The summed E-state index contributed by atoms with van der Waals surface area (Å²) in [5.41, 5.74) is 0. The summed E-state index contributed by atoms with van der Waals surface area (Å²) in [7, 11) is 0. The molecule has 0 spiro atoms. The molecule has 0 bridgehead atoms. The fraction of sp³-hybridized carbons (Fsp3) is 0.625. The molecule has 1 atom stereocenters. The average molecular weight is 196 g/mol. The van der Waals surface area contributed by atoms with Gasteiger partial charge in [0.05, 0.1) is 5.92 Å². The maximum Gasteiger partial charge on any atom is 0.322 e. The summed E-state index contributed by atoms with van der Waals surface area (Å²) < 4.78 is 5.04. The van der Waals surface area contributed by atoms with Crippen LogP contribution in [0, 0.1) is 12.8 Å². The van der Waals surface area contributed by atoms with Crippen molar-refractivity contribution >= 4 is 11.9 Å². The van der Waals surface area contributed by atoms with E-state index in [1.807, 2.05) is 0 Å². The summed E-state index contributed by atoms with van der Waals surface area (Å²) in [6.45, 7) is 3.29. The minimum absolute atomic E-state index is 0.0159. The maximum atomic E-state index is 11.5. The van der Waals surface area contributed by atoms with Crippen LogP contribution in [-0.4, -0.2) is 29.2 Å². The highest BCUT2D eigenvalue weighted by molar-refractivity contribution is 5.90. The number of aromatic nitrogens is 2. The lowest BCUT2D eigenvalue weighted by molar-refractivity contribution is -0.119. The Morgan fingerprint density at radius 3 is 3.07 bits per heavy atom. The molecular formula is C8H12N4O2. The van der Waals surface area contributed by atoms with Crippen molar-refractivity contribution in [1.29, 1.82) is 0 Å². The van der Waals surface area contributed by atoms with E-state index in [2.05, 4.69) is 20.8 Å². The summed E-state index contributed by atoms with van der Waals surface area (Å²) >= 11 is 0. The van der Waals surface area contributed by atoms with Crippen LogP contribution in [0.15, 0.2) is 4.42 Å². The first kappa shape index (κ1) is 9.14. The second-order valence-electron chi connectivity index (χ2n) is 3.31. The average Bonchev–Trinajstić information content (AvgIpc) is 2.75. The van der Waals surface area contributed by atoms with Crippen LogP contribution >= 0.6 is 0 Å². The normalized spacial score (nSPS) is 21.1. The van der Waals surface area contributed by atoms with E-state index in [0.29, 0.717) is 5.89 Å². The monoisotopic (exact) mass is 196 g/mol. The van der Waals surface area contributed by atoms with E-state index in [4.69, 9.17) is 4.42 Å². The lowest BCUT2D eigenvalue weighted by Crippen LogP contribution is -2.24. The zero-order valence-corrected chi connectivity index (χ0v) is 7.91. The molecule has 0 saturated carbocycles. The molecule has 0 radical (unpaired) electrons. The Balaban J connectivity index is 1.93. The van der Waals surface area contributed by atoms with Crippen molar-refractivity contribution in [1.82, 2.24) is 15.5 Å². The van der Waals surface area contributed by atoms with E-state index in [-0.39, 0.29) is 17.8 Å². The van der Waals surface area contributed by atoms with Gasteiger partial charge in [0.25, 0.3) is 0 Å². The van der Waals surface area contributed by atoms with Crippen molar-refractivity contribution in [3.8, 4) is 0 Å². The Bertz CT molecular complexity index is 330. The molecule has 1 aliphatic rings. The van der Waals surface area contributed by atoms with Crippen molar-refractivity contribution in [2.75, 3.05) is 18.4 Å². The fourth-order valence-electron chi connectivity index (χ4n) is 1.43. The van der Waals surface area contributed by atoms with Crippen LogP contribution in [0.2, 0.25) is 0 Å². The molecule has 6 nitrogen and oxygen atoms in total. The molecule has 2 heterocycles. The van der Waals surface area contributed by atoms with Gasteiger partial charge in [-0.3, -0.25) is 10.1 Å². The second kappa shape index (κ2) is 3.75. The van der Waals surface area contributed by atoms with Crippen LogP contribution in [0.5, 0.6) is 0 Å². The quantitative estimate of drug-likeness (QED) is 0.691. The number of anilines is 1. The summed E-state index contributed by atoms with van der Waals surface area (Å²) in [4.78, 5) is 11.5. The number of amides is 1. The van der Waals surface area contributed by atoms with Crippen LogP contribution in [-0.2, 0) is 4.79 Å². The number of aryl methyl sites for hydroxylation is 1. The van der Waals surface area contributed by atoms with Gasteiger partial charge in [0, 0.05) is 13.5 Å². The van der Waals surface area contributed by atoms with E-state index in [1.54, 1.807) is 6.92 Å². The van der Waals surface area contributed by atoms with Crippen LogP contribution < -0.4 is 10.6 Å². The second-order valence-corrected chi connectivity index (χ2v) is 3.31. The van der Waals surface area contributed by atoms with Gasteiger partial charge < -0.3 is 9.73 Å². The number of carbonyl (C=O) groups excluding carboxylic acids is 1. The van der Waals surface area contributed by atoms with Crippen molar-refractivity contribution < 1.29 is 9.21 Å². The molecule has 1 fully saturated rings. The summed E-state index contributed by atoms with van der Waals surface area (Å²) in [6, 6.07) is 0.180. The van der Waals surface area contributed by atoms with Gasteiger partial charge in [-0.15, -0.1) is 5.10 Å². The number of nitrogens with zero attached hydrogens (tertiary/aromatic N) is 2. The van der Waals surface area contributed by atoms with Crippen molar-refractivity contribution in [3.05, 3.63) is 5.89 Å². The third-order valence-electron chi connectivity index (χ3n) is 2.19. The van der Waals surface area contributed by atoms with Crippen molar-refractivity contribution in [2.45, 2.75) is 13.3 Å². The highest BCUT2D eigenvalue weighted by Crippen LogP contribution is 2.11. The molecule has 0 aliphatic carbocycles. The first-order valence-corrected chi connectivity index (χ1v) is 4.57. The SMILES string of the molecule is Cc1nnc(NC(=O)C2CCNC2)o1. The molecule has 1 aliphatic heterocycles. The van der Waals surface area contributed by atoms with Crippen molar-refractivity contribution in [2.24, 2.45) is 5.92 Å². The molecule has 1 aromatic rings. The standard InChI is InChI=1S/C8H12N4O2/c1-5-11-12-8(14-5)10-7(13)6-2-3-9-4-6/h6,9H,2-4H2,1H3,(H,10,12,13). The molecule has 2 N–H and O–H groups in total. The molecular weight excluding hydrogens is 184 g/mol. The number of hydrogen-bond acceptors (Lipinski definition) is 5. The smallest absolute Gasteiger partial charge is 0.322 e. The van der Waals surface area contributed by atoms with Gasteiger partial charge in [0.15, 0.2) is 0 Å². The Hall–Kier alpha value is -1.43. The molecule has 0 aromatic carbocycles. The molecule has 1 aromatic heterocycles. The third-order valence-corrected chi connectivity index (χ3v) is 2.19. The number of nitrogens with one attached hydrogen (secondary N) is 2. The maximum absolute atomic E-state index is 11.5. The summed E-state index contributed by atoms with van der Waals surface area (Å²) in [5, 5.41) is 13.0. The lowest BCUT2D eigenvalue weighted by Gasteiger charge is -2.05. The molecule has 6 heteroatoms. The molecule has 76 valence electrons. The van der Waals surface area contributed by atoms with Gasteiger partial charge in [-0.2, -0.15) is 0 Å². The van der Waals surface area contributed by atoms with Crippen LogP contribution in [0.4, 0.5) is 6.01 Å². The lowest BCUT2D eigenvalue weighted by atomic mass is 10.1. The van der Waals surface area contributed by atoms with E-state index in [0.717, 1.165) is 19.5 Å². The van der Waals surface area contributed by atoms with E-state index >= 15 is 0 Å². The van der Waals surface area contributed by atoms with E-state index in [9.17, 15) is 4.79 Å². The summed E-state index contributed by atoms with van der Waals surface area (Å²) in [6.07, 6.45) is 0.860. The largest absolute Gasteiger partial charge is 0.408 e. The molecule has 2 rings (SSSR count). The van der Waals surface area contributed by atoms with Crippen molar-refractivity contribution in [3.63, 3.8) is 0 Å². The summed E-state index contributed by atoms with van der Waals surface area (Å²) in [5.74, 6) is 0.408. The first-order valence-electron chi connectivity index (χ1n) is 4.57. The number of rotatable bonds is 2. The van der Waals surface area contributed by atoms with Crippen LogP contribution in [0.3, 0.4) is 0 Å². The zero-order chi connectivity index (χ0) is 9.97.